The predicted octanol–water partition coefficient (Wildman–Crippen LogP) is 3.00. The fourth-order valence-electron chi connectivity index (χ4n) is 1.85. The summed E-state index contributed by atoms with van der Waals surface area (Å²) >= 11 is 3.40. The first-order valence-corrected chi connectivity index (χ1v) is 5.83. The second kappa shape index (κ2) is 4.86. The molecule has 0 bridgehead atoms. The van der Waals surface area contributed by atoms with Crippen molar-refractivity contribution in [3.8, 4) is 0 Å². The first kappa shape index (κ1) is 10.8. The van der Waals surface area contributed by atoms with Crippen molar-refractivity contribution >= 4 is 15.9 Å². The largest absolute Gasteiger partial charge is 0.501 e. The minimum absolute atomic E-state index is 0.179. The van der Waals surface area contributed by atoms with Crippen LogP contribution < -0.4 is 5.32 Å². The lowest BCUT2D eigenvalue weighted by atomic mass is 9.97. The quantitative estimate of drug-likeness (QED) is 0.918. The summed E-state index contributed by atoms with van der Waals surface area (Å²) in [4.78, 5) is 0. The van der Waals surface area contributed by atoms with E-state index in [0.717, 1.165) is 29.7 Å². The van der Waals surface area contributed by atoms with Crippen molar-refractivity contribution in [2.24, 2.45) is 0 Å². The molecule has 0 radical (unpaired) electrons. The van der Waals surface area contributed by atoms with Crippen molar-refractivity contribution in [2.75, 3.05) is 13.7 Å². The standard InChI is InChI=1S/C11H14BrNO2/c1-13-10(8-3-2-5-14-7-8)9-4-6-15-11(9)12/h4,6-7,10,13H,2-3,5H2,1H3. The average molecular weight is 272 g/mol. The number of hydrogen-bond acceptors (Lipinski definition) is 3. The van der Waals surface area contributed by atoms with Gasteiger partial charge >= 0.3 is 0 Å². The fraction of sp³-hybridized carbons (Fsp3) is 0.455. The van der Waals surface area contributed by atoms with E-state index < -0.39 is 0 Å². The Kier molecular flexibility index (Phi) is 3.49. The monoisotopic (exact) mass is 271 g/mol. The topological polar surface area (TPSA) is 34.4 Å². The maximum atomic E-state index is 5.35. The van der Waals surface area contributed by atoms with E-state index in [0.29, 0.717) is 0 Å². The minimum Gasteiger partial charge on any atom is -0.501 e. The molecule has 0 fully saturated rings. The van der Waals surface area contributed by atoms with Gasteiger partial charge in [-0.15, -0.1) is 0 Å². The highest BCUT2D eigenvalue weighted by molar-refractivity contribution is 9.10. The lowest BCUT2D eigenvalue weighted by molar-refractivity contribution is 0.220. The van der Waals surface area contributed by atoms with E-state index in [4.69, 9.17) is 9.15 Å². The second-order valence-corrected chi connectivity index (χ2v) is 4.26. The van der Waals surface area contributed by atoms with Crippen molar-refractivity contribution in [2.45, 2.75) is 18.9 Å². The molecule has 3 nitrogen and oxygen atoms in total. The summed E-state index contributed by atoms with van der Waals surface area (Å²) in [5, 5.41) is 3.28. The normalized spacial score (nSPS) is 18.1. The van der Waals surface area contributed by atoms with E-state index in [-0.39, 0.29) is 6.04 Å². The summed E-state index contributed by atoms with van der Waals surface area (Å²) in [6.45, 7) is 0.826. The van der Waals surface area contributed by atoms with Gasteiger partial charge in [-0.05, 0) is 47.5 Å². The molecule has 0 aliphatic carbocycles. The Morgan fingerprint density at radius 1 is 1.53 bits per heavy atom. The molecular formula is C11H14BrNO2. The van der Waals surface area contributed by atoms with Crippen molar-refractivity contribution in [1.29, 1.82) is 0 Å². The fourth-order valence-corrected chi connectivity index (χ4v) is 2.32. The van der Waals surface area contributed by atoms with Gasteiger partial charge in [0.15, 0.2) is 4.67 Å². The van der Waals surface area contributed by atoms with Gasteiger partial charge in [0.05, 0.1) is 25.2 Å². The summed E-state index contributed by atoms with van der Waals surface area (Å²) in [6.07, 6.45) is 5.71. The zero-order valence-corrected chi connectivity index (χ0v) is 10.2. The number of halogens is 1. The van der Waals surface area contributed by atoms with E-state index >= 15 is 0 Å². The smallest absolute Gasteiger partial charge is 0.174 e. The molecule has 1 unspecified atom stereocenters. The SMILES string of the molecule is CNC(C1=COCCC1)c1ccoc1Br. The van der Waals surface area contributed by atoms with E-state index in [9.17, 15) is 0 Å². The van der Waals surface area contributed by atoms with E-state index in [1.165, 1.54) is 5.57 Å². The van der Waals surface area contributed by atoms with Crippen LogP contribution in [0.4, 0.5) is 0 Å². The molecule has 1 atom stereocenters. The Morgan fingerprint density at radius 2 is 2.40 bits per heavy atom. The lowest BCUT2D eigenvalue weighted by Gasteiger charge is -2.22. The molecule has 4 heteroatoms. The van der Waals surface area contributed by atoms with Gasteiger partial charge in [0.25, 0.3) is 0 Å². The van der Waals surface area contributed by atoms with Crippen molar-refractivity contribution < 1.29 is 9.15 Å². The van der Waals surface area contributed by atoms with Crippen LogP contribution in [0.2, 0.25) is 0 Å². The molecule has 15 heavy (non-hydrogen) atoms. The number of hydrogen-bond donors (Lipinski definition) is 1. The van der Waals surface area contributed by atoms with Gasteiger partial charge in [-0.3, -0.25) is 0 Å². The number of nitrogens with one attached hydrogen (secondary N) is 1. The third kappa shape index (κ3) is 2.26. The van der Waals surface area contributed by atoms with Crippen LogP contribution in [-0.2, 0) is 4.74 Å². The maximum Gasteiger partial charge on any atom is 0.174 e. The molecule has 0 spiro atoms. The van der Waals surface area contributed by atoms with E-state index in [1.807, 2.05) is 19.4 Å². The highest BCUT2D eigenvalue weighted by Crippen LogP contribution is 2.32. The van der Waals surface area contributed by atoms with E-state index in [1.54, 1.807) is 6.26 Å². The molecule has 2 heterocycles. The molecule has 1 aliphatic heterocycles. The molecule has 1 aromatic heterocycles. The first-order valence-electron chi connectivity index (χ1n) is 5.03. The molecule has 0 saturated carbocycles. The molecule has 0 aromatic carbocycles. The van der Waals surface area contributed by atoms with Gasteiger partial charge in [0.1, 0.15) is 0 Å². The van der Waals surface area contributed by atoms with Crippen LogP contribution in [0.25, 0.3) is 0 Å². The number of furan rings is 1. The third-order valence-corrected chi connectivity index (χ3v) is 3.22. The summed E-state index contributed by atoms with van der Waals surface area (Å²) in [5.41, 5.74) is 2.39. The number of likely N-dealkylation sites (N-methyl/N-ethyl adjacent to an activating group) is 1. The molecule has 0 amide bonds. The van der Waals surface area contributed by atoms with Gasteiger partial charge in [-0.2, -0.15) is 0 Å². The van der Waals surface area contributed by atoms with Gasteiger partial charge in [-0.25, -0.2) is 0 Å². The number of ether oxygens (including phenoxy) is 1. The lowest BCUT2D eigenvalue weighted by Crippen LogP contribution is -2.20. The summed E-state index contributed by atoms with van der Waals surface area (Å²) < 4.78 is 11.4. The zero-order valence-electron chi connectivity index (χ0n) is 8.63. The van der Waals surface area contributed by atoms with Gasteiger partial charge in [0.2, 0.25) is 0 Å². The Balaban J connectivity index is 2.24. The Morgan fingerprint density at radius 3 is 2.93 bits per heavy atom. The number of rotatable bonds is 3. The second-order valence-electron chi connectivity index (χ2n) is 3.54. The van der Waals surface area contributed by atoms with Crippen molar-refractivity contribution in [3.63, 3.8) is 0 Å². The highest BCUT2D eigenvalue weighted by Gasteiger charge is 2.20. The molecule has 82 valence electrons. The molecule has 1 N–H and O–H groups in total. The summed E-state index contributed by atoms with van der Waals surface area (Å²) in [7, 11) is 1.94. The van der Waals surface area contributed by atoms with Gasteiger partial charge in [-0.1, -0.05) is 0 Å². The van der Waals surface area contributed by atoms with E-state index in [2.05, 4.69) is 21.2 Å². The van der Waals surface area contributed by atoms with Crippen LogP contribution in [0.15, 0.2) is 33.3 Å². The first-order chi connectivity index (χ1) is 7.33. The Hall–Kier alpha value is -0.740. The third-order valence-electron chi connectivity index (χ3n) is 2.58. The van der Waals surface area contributed by atoms with Crippen LogP contribution in [-0.4, -0.2) is 13.7 Å². The molecule has 1 aromatic rings. The van der Waals surface area contributed by atoms with Crippen LogP contribution >= 0.6 is 15.9 Å². The summed E-state index contributed by atoms with van der Waals surface area (Å²) in [6, 6.07) is 2.15. The maximum absolute atomic E-state index is 5.35. The highest BCUT2D eigenvalue weighted by atomic mass is 79.9. The van der Waals surface area contributed by atoms with Gasteiger partial charge in [0, 0.05) is 5.56 Å². The Bertz CT molecular complexity index is 359. The van der Waals surface area contributed by atoms with Crippen molar-refractivity contribution in [1.82, 2.24) is 5.32 Å². The van der Waals surface area contributed by atoms with Crippen LogP contribution in [0, 0.1) is 0 Å². The molecule has 2 rings (SSSR count). The van der Waals surface area contributed by atoms with Crippen LogP contribution in [0.5, 0.6) is 0 Å². The van der Waals surface area contributed by atoms with Crippen LogP contribution in [0.3, 0.4) is 0 Å². The zero-order chi connectivity index (χ0) is 10.7. The summed E-state index contributed by atoms with van der Waals surface area (Å²) in [5.74, 6) is 0. The minimum atomic E-state index is 0.179. The van der Waals surface area contributed by atoms with Crippen molar-refractivity contribution in [3.05, 3.63) is 34.4 Å². The molecule has 0 saturated heterocycles. The average Bonchev–Trinajstić information content (AvgIpc) is 2.68. The Labute approximate surface area is 97.6 Å². The molecular weight excluding hydrogens is 258 g/mol. The van der Waals surface area contributed by atoms with Gasteiger partial charge < -0.3 is 14.5 Å². The molecule has 1 aliphatic rings. The van der Waals surface area contributed by atoms with Crippen LogP contribution in [0.1, 0.15) is 24.4 Å². The predicted molar refractivity (Wildman–Crippen MR) is 61.5 cm³/mol.